The third kappa shape index (κ3) is 3.80. The van der Waals surface area contributed by atoms with Gasteiger partial charge in [0.15, 0.2) is 10.8 Å². The molecular weight excluding hydrogens is 356 g/mol. The summed E-state index contributed by atoms with van der Waals surface area (Å²) in [6, 6.07) is 3.74. The Morgan fingerprint density at radius 1 is 1.20 bits per heavy atom. The third-order valence-electron chi connectivity index (χ3n) is 3.95. The van der Waals surface area contributed by atoms with Gasteiger partial charge >= 0.3 is 0 Å². The van der Waals surface area contributed by atoms with Crippen LogP contribution in [0.4, 0.5) is 5.13 Å². The summed E-state index contributed by atoms with van der Waals surface area (Å²) in [6.07, 6.45) is 2.03. The molecular formula is C17H20N4O2S2. The minimum Gasteiger partial charge on any atom is -0.459 e. The molecule has 0 aliphatic carbocycles. The number of nitrogens with zero attached hydrogens (tertiary/aromatic N) is 3. The molecule has 0 fully saturated rings. The monoisotopic (exact) mass is 376 g/mol. The first kappa shape index (κ1) is 17.8. The van der Waals surface area contributed by atoms with Gasteiger partial charge in [0, 0.05) is 5.92 Å². The van der Waals surface area contributed by atoms with E-state index in [0.717, 1.165) is 23.6 Å². The number of amides is 1. The van der Waals surface area contributed by atoms with Crippen molar-refractivity contribution in [2.75, 3.05) is 5.32 Å². The second-order valence-electron chi connectivity index (χ2n) is 5.76. The summed E-state index contributed by atoms with van der Waals surface area (Å²) in [4.78, 5) is 17.6. The van der Waals surface area contributed by atoms with Gasteiger partial charge in [-0.05, 0) is 38.8 Å². The SMILES string of the molecule is CCC(CC)c1nnc(NC(=O)c2sc(-c3ccc(C)o3)nc2C)s1. The quantitative estimate of drug-likeness (QED) is 0.653. The van der Waals surface area contributed by atoms with E-state index in [-0.39, 0.29) is 5.91 Å². The van der Waals surface area contributed by atoms with E-state index < -0.39 is 0 Å². The number of nitrogens with one attached hydrogen (secondary N) is 1. The lowest BCUT2D eigenvalue weighted by molar-refractivity contribution is 0.102. The number of anilines is 1. The summed E-state index contributed by atoms with van der Waals surface area (Å²) in [5.41, 5.74) is 0.677. The fourth-order valence-electron chi connectivity index (χ4n) is 2.50. The zero-order valence-electron chi connectivity index (χ0n) is 14.6. The van der Waals surface area contributed by atoms with Crippen LogP contribution in [0.2, 0.25) is 0 Å². The fourth-order valence-corrected chi connectivity index (χ4v) is 4.43. The molecule has 3 aromatic rings. The van der Waals surface area contributed by atoms with Crippen LogP contribution in [0.15, 0.2) is 16.5 Å². The van der Waals surface area contributed by atoms with Crippen molar-refractivity contribution < 1.29 is 9.21 Å². The molecule has 25 heavy (non-hydrogen) atoms. The summed E-state index contributed by atoms with van der Waals surface area (Å²) in [5, 5.41) is 13.3. The van der Waals surface area contributed by atoms with Crippen LogP contribution in [-0.4, -0.2) is 21.1 Å². The molecule has 0 atom stereocenters. The van der Waals surface area contributed by atoms with E-state index in [9.17, 15) is 4.79 Å². The van der Waals surface area contributed by atoms with E-state index in [1.807, 2.05) is 26.0 Å². The topological polar surface area (TPSA) is 80.9 Å². The molecule has 0 aliphatic rings. The van der Waals surface area contributed by atoms with Crippen LogP contribution in [0, 0.1) is 13.8 Å². The summed E-state index contributed by atoms with van der Waals surface area (Å²) in [5.74, 6) is 1.67. The molecule has 0 spiro atoms. The number of hydrogen-bond acceptors (Lipinski definition) is 7. The molecule has 3 heterocycles. The van der Waals surface area contributed by atoms with E-state index in [1.165, 1.54) is 22.7 Å². The number of thiazole rings is 1. The number of aromatic nitrogens is 3. The highest BCUT2D eigenvalue weighted by Crippen LogP contribution is 2.31. The van der Waals surface area contributed by atoms with Crippen molar-refractivity contribution in [3.05, 3.63) is 33.5 Å². The Morgan fingerprint density at radius 3 is 2.60 bits per heavy atom. The maximum absolute atomic E-state index is 12.6. The third-order valence-corrected chi connectivity index (χ3v) is 6.12. The first-order valence-electron chi connectivity index (χ1n) is 8.20. The molecule has 8 heteroatoms. The molecule has 0 saturated heterocycles. The molecule has 0 bridgehead atoms. The Kier molecular flexibility index (Phi) is 5.29. The van der Waals surface area contributed by atoms with Crippen LogP contribution in [0.3, 0.4) is 0 Å². The van der Waals surface area contributed by atoms with Crippen LogP contribution in [0.1, 0.15) is 58.7 Å². The molecule has 0 saturated carbocycles. The van der Waals surface area contributed by atoms with Crippen molar-refractivity contribution in [1.82, 2.24) is 15.2 Å². The second kappa shape index (κ2) is 7.45. The zero-order valence-corrected chi connectivity index (χ0v) is 16.3. The normalized spacial score (nSPS) is 11.2. The maximum Gasteiger partial charge on any atom is 0.269 e. The minimum atomic E-state index is -0.211. The van der Waals surface area contributed by atoms with Crippen LogP contribution < -0.4 is 5.32 Å². The number of hydrogen-bond donors (Lipinski definition) is 1. The lowest BCUT2D eigenvalue weighted by Crippen LogP contribution is -2.11. The summed E-state index contributed by atoms with van der Waals surface area (Å²) in [7, 11) is 0. The van der Waals surface area contributed by atoms with Crippen molar-refractivity contribution in [3.63, 3.8) is 0 Å². The largest absolute Gasteiger partial charge is 0.459 e. The Hall–Kier alpha value is -2.06. The summed E-state index contributed by atoms with van der Waals surface area (Å²) in [6.45, 7) is 7.96. The Balaban J connectivity index is 1.77. The highest BCUT2D eigenvalue weighted by atomic mass is 32.1. The van der Waals surface area contributed by atoms with Gasteiger partial charge in [-0.3, -0.25) is 10.1 Å². The Labute approximate surface area is 154 Å². The minimum absolute atomic E-state index is 0.211. The predicted octanol–water partition coefficient (Wildman–Crippen LogP) is 5.03. The van der Waals surface area contributed by atoms with Gasteiger partial charge in [0.25, 0.3) is 5.91 Å². The number of carbonyl (C=O) groups is 1. The molecule has 0 unspecified atom stereocenters. The first-order chi connectivity index (χ1) is 12.0. The predicted molar refractivity (Wildman–Crippen MR) is 100 cm³/mol. The van der Waals surface area contributed by atoms with E-state index in [4.69, 9.17) is 4.42 Å². The van der Waals surface area contributed by atoms with Crippen LogP contribution in [0.5, 0.6) is 0 Å². The van der Waals surface area contributed by atoms with Gasteiger partial charge in [-0.25, -0.2) is 4.98 Å². The van der Waals surface area contributed by atoms with Crippen molar-refractivity contribution in [1.29, 1.82) is 0 Å². The zero-order chi connectivity index (χ0) is 18.0. The van der Waals surface area contributed by atoms with Crippen molar-refractivity contribution in [2.24, 2.45) is 0 Å². The van der Waals surface area contributed by atoms with Crippen molar-refractivity contribution >= 4 is 33.7 Å². The van der Waals surface area contributed by atoms with Gasteiger partial charge in [0.05, 0.1) is 5.69 Å². The smallest absolute Gasteiger partial charge is 0.269 e. The molecule has 132 valence electrons. The van der Waals surface area contributed by atoms with E-state index in [2.05, 4.69) is 34.3 Å². The molecule has 0 aromatic carbocycles. The van der Waals surface area contributed by atoms with Crippen molar-refractivity contribution in [3.8, 4) is 10.8 Å². The Bertz CT molecular complexity index is 877. The average Bonchev–Trinajstić information content (AvgIpc) is 3.29. The van der Waals surface area contributed by atoms with Gasteiger partial charge in [-0.2, -0.15) is 0 Å². The number of rotatable bonds is 6. The summed E-state index contributed by atoms with van der Waals surface area (Å²) < 4.78 is 5.59. The van der Waals surface area contributed by atoms with Crippen LogP contribution >= 0.6 is 22.7 Å². The van der Waals surface area contributed by atoms with Gasteiger partial charge in [0.2, 0.25) is 5.13 Å². The second-order valence-corrected chi connectivity index (χ2v) is 7.77. The number of aryl methyl sites for hydroxylation is 2. The molecule has 6 nitrogen and oxygen atoms in total. The fraction of sp³-hybridized carbons (Fsp3) is 0.412. The van der Waals surface area contributed by atoms with Crippen LogP contribution in [-0.2, 0) is 0 Å². The standard InChI is InChI=1S/C17H20N4O2S2/c1-5-11(6-2)15-20-21-17(25-15)19-14(22)13-10(4)18-16(24-13)12-8-7-9(3)23-12/h7-8,11H,5-6H2,1-4H3,(H,19,21,22). The maximum atomic E-state index is 12.6. The van der Waals surface area contributed by atoms with Crippen molar-refractivity contribution in [2.45, 2.75) is 46.5 Å². The highest BCUT2D eigenvalue weighted by Gasteiger charge is 2.20. The molecule has 1 N–H and O–H groups in total. The highest BCUT2D eigenvalue weighted by molar-refractivity contribution is 7.17. The van der Waals surface area contributed by atoms with Gasteiger partial charge in [-0.1, -0.05) is 25.2 Å². The van der Waals surface area contributed by atoms with E-state index in [1.54, 1.807) is 0 Å². The molecule has 0 aliphatic heterocycles. The first-order valence-corrected chi connectivity index (χ1v) is 9.84. The molecule has 0 radical (unpaired) electrons. The lowest BCUT2D eigenvalue weighted by atomic mass is 10.1. The van der Waals surface area contributed by atoms with Crippen LogP contribution in [0.25, 0.3) is 10.8 Å². The molecule has 3 rings (SSSR count). The van der Waals surface area contributed by atoms with Gasteiger partial charge < -0.3 is 4.42 Å². The number of carbonyl (C=O) groups excluding carboxylic acids is 1. The lowest BCUT2D eigenvalue weighted by Gasteiger charge is -2.05. The van der Waals surface area contributed by atoms with E-state index in [0.29, 0.717) is 32.4 Å². The summed E-state index contributed by atoms with van der Waals surface area (Å²) >= 11 is 2.75. The average molecular weight is 377 g/mol. The molecule has 3 aromatic heterocycles. The molecule has 1 amide bonds. The van der Waals surface area contributed by atoms with Gasteiger partial charge in [-0.15, -0.1) is 21.5 Å². The van der Waals surface area contributed by atoms with Gasteiger partial charge in [0.1, 0.15) is 15.6 Å². The number of furan rings is 1. The van der Waals surface area contributed by atoms with E-state index >= 15 is 0 Å². The Morgan fingerprint density at radius 2 is 1.96 bits per heavy atom.